The lowest BCUT2D eigenvalue weighted by atomic mass is 9.99. The fourth-order valence-electron chi connectivity index (χ4n) is 4.40. The number of carbonyl (C=O) groups excluding carboxylic acids is 1. The summed E-state index contributed by atoms with van der Waals surface area (Å²) in [4.78, 5) is 30.0. The van der Waals surface area contributed by atoms with Gasteiger partial charge in [-0.25, -0.2) is 13.2 Å². The first-order valence-corrected chi connectivity index (χ1v) is 10.5. The van der Waals surface area contributed by atoms with Crippen LogP contribution in [-0.2, 0) is 12.6 Å². The Hall–Kier alpha value is -3.96. The van der Waals surface area contributed by atoms with Crippen LogP contribution in [0.4, 0.5) is 49.2 Å². The molecule has 0 saturated heterocycles. The number of hydrogen-bond acceptors (Lipinski definition) is 4. The molecule has 1 amide bonds. The number of pyridine rings is 1. The van der Waals surface area contributed by atoms with E-state index in [-0.39, 0.29) is 54.5 Å². The van der Waals surface area contributed by atoms with Crippen molar-refractivity contribution in [2.24, 2.45) is 0 Å². The van der Waals surface area contributed by atoms with Gasteiger partial charge in [-0.3, -0.25) is 14.5 Å². The minimum absolute atomic E-state index is 0.0151. The van der Waals surface area contributed by atoms with Crippen LogP contribution in [0.25, 0.3) is 0 Å². The number of H-pyrrole nitrogens is 1. The zero-order valence-electron chi connectivity index (χ0n) is 17.8. The number of aromatic amines is 1. The summed E-state index contributed by atoms with van der Waals surface area (Å²) in [5, 5.41) is 2.91. The largest absolute Gasteiger partial charge is 0.419 e. The fourth-order valence-corrected chi connectivity index (χ4v) is 4.40. The quantitative estimate of drug-likeness (QED) is 0.436. The van der Waals surface area contributed by atoms with Crippen LogP contribution >= 0.6 is 0 Å². The highest BCUT2D eigenvalue weighted by atomic mass is 19.4. The number of carbonyl (C=O) groups is 1. The molecule has 0 unspecified atom stereocenters. The summed E-state index contributed by atoms with van der Waals surface area (Å²) in [7, 11) is 0. The van der Waals surface area contributed by atoms with Crippen LogP contribution in [0.3, 0.4) is 0 Å². The molecule has 0 fully saturated rings. The van der Waals surface area contributed by atoms with E-state index in [0.717, 1.165) is 23.1 Å². The summed E-state index contributed by atoms with van der Waals surface area (Å²) < 4.78 is 84.6. The summed E-state index contributed by atoms with van der Waals surface area (Å²) in [6, 6.07) is 5.93. The number of rotatable bonds is 0. The van der Waals surface area contributed by atoms with Gasteiger partial charge in [0.1, 0.15) is 23.9 Å². The van der Waals surface area contributed by atoms with Crippen LogP contribution in [0.1, 0.15) is 27.9 Å². The first-order chi connectivity index (χ1) is 16.6. The topological polar surface area (TPSA) is 68.4 Å². The van der Waals surface area contributed by atoms with Crippen LogP contribution in [-0.4, -0.2) is 24.1 Å². The van der Waals surface area contributed by atoms with E-state index in [0.29, 0.717) is 6.07 Å². The van der Waals surface area contributed by atoms with Gasteiger partial charge in [-0.2, -0.15) is 13.2 Å². The van der Waals surface area contributed by atoms with Gasteiger partial charge in [-0.1, -0.05) is 0 Å². The zero-order valence-corrected chi connectivity index (χ0v) is 17.8. The number of alkyl halides is 3. The summed E-state index contributed by atoms with van der Waals surface area (Å²) in [5.74, 6) is -5.06. The van der Waals surface area contributed by atoms with Crippen molar-refractivity contribution in [2.75, 3.05) is 28.3 Å². The van der Waals surface area contributed by atoms with Crippen molar-refractivity contribution in [3.05, 3.63) is 80.9 Å². The predicted octanol–water partition coefficient (Wildman–Crippen LogP) is 4.93. The van der Waals surface area contributed by atoms with Gasteiger partial charge < -0.3 is 15.2 Å². The third-order valence-electron chi connectivity index (χ3n) is 6.01. The Bertz CT molecular complexity index is 1420. The number of nitrogens with zero attached hydrogens (tertiary/aromatic N) is 2. The predicted molar refractivity (Wildman–Crippen MR) is 115 cm³/mol. The highest BCUT2D eigenvalue weighted by Gasteiger charge is 2.42. The second-order valence-corrected chi connectivity index (χ2v) is 8.09. The summed E-state index contributed by atoms with van der Waals surface area (Å²) in [6.07, 6.45) is -4.78. The van der Waals surface area contributed by atoms with E-state index in [1.54, 1.807) is 0 Å². The molecule has 0 radical (unpaired) electrons. The Kier molecular flexibility index (Phi) is 5.26. The van der Waals surface area contributed by atoms with E-state index < -0.39 is 46.2 Å². The molecule has 3 heterocycles. The molecule has 2 aliphatic heterocycles. The number of nitrogens with one attached hydrogen (secondary N) is 2. The summed E-state index contributed by atoms with van der Waals surface area (Å²) in [5.41, 5.74) is -3.18. The maximum absolute atomic E-state index is 15.3. The third-order valence-corrected chi connectivity index (χ3v) is 6.01. The lowest BCUT2D eigenvalue weighted by molar-refractivity contribution is -0.140. The number of hydrogen-bond donors (Lipinski definition) is 2. The van der Waals surface area contributed by atoms with E-state index in [1.165, 1.54) is 17.0 Å². The Morgan fingerprint density at radius 3 is 2.29 bits per heavy atom. The van der Waals surface area contributed by atoms with Crippen molar-refractivity contribution in [1.29, 1.82) is 0 Å². The average Bonchev–Trinajstić information content (AvgIpc) is 2.81. The van der Waals surface area contributed by atoms with E-state index in [1.807, 2.05) is 0 Å². The van der Waals surface area contributed by atoms with E-state index >= 15 is 4.39 Å². The molecule has 0 atom stereocenters. The zero-order chi connectivity index (χ0) is 25.1. The van der Waals surface area contributed by atoms with Crippen LogP contribution in [0.15, 0.2) is 41.2 Å². The fraction of sp³-hybridized carbons (Fsp3) is 0.217. The maximum atomic E-state index is 15.3. The molecule has 1 aromatic heterocycles. The molecule has 2 bridgehead atoms. The van der Waals surface area contributed by atoms with Crippen molar-refractivity contribution in [3.8, 4) is 0 Å². The second kappa shape index (κ2) is 8.07. The monoisotopic (exact) mass is 494 g/mol. The van der Waals surface area contributed by atoms with Gasteiger partial charge in [-0.15, -0.1) is 0 Å². The third kappa shape index (κ3) is 3.69. The minimum Gasteiger partial charge on any atom is -0.370 e. The Balaban J connectivity index is 1.82. The Labute approximate surface area is 193 Å². The number of fused-ring (bicyclic) bond motifs is 8. The molecule has 2 aromatic carbocycles. The molecular weight excluding hydrogens is 478 g/mol. The van der Waals surface area contributed by atoms with Crippen LogP contribution in [0.5, 0.6) is 0 Å². The molecule has 2 N–H and O–H groups in total. The molecule has 0 aliphatic carbocycles. The van der Waals surface area contributed by atoms with Gasteiger partial charge >= 0.3 is 6.18 Å². The number of halogens is 6. The number of amides is 1. The lowest BCUT2D eigenvalue weighted by Gasteiger charge is -2.39. The molecule has 3 aromatic rings. The minimum atomic E-state index is -5.08. The Morgan fingerprint density at radius 2 is 1.54 bits per heavy atom. The molecule has 2 aliphatic rings. The summed E-state index contributed by atoms with van der Waals surface area (Å²) in [6.45, 7) is -0.181. The van der Waals surface area contributed by atoms with Gasteiger partial charge in [0.25, 0.3) is 5.91 Å². The standard InChI is InChI=1S/C23H16F6N4O2/c24-13-4-6-14-11(19(13)25)2-1-9-30-21-16(7-8-17(34)31-21)33-10-32(14)15-5-3-12(23(27,28)29)20(26)18(15)22(33)35/h3-8H,1-2,9-10H2,(H2,30,31,34). The van der Waals surface area contributed by atoms with Crippen LogP contribution in [0, 0.1) is 17.5 Å². The second-order valence-electron chi connectivity index (χ2n) is 8.09. The number of benzene rings is 2. The van der Waals surface area contributed by atoms with Crippen molar-refractivity contribution in [1.82, 2.24) is 4.98 Å². The van der Waals surface area contributed by atoms with Gasteiger partial charge in [0, 0.05) is 23.9 Å². The molecule has 182 valence electrons. The average molecular weight is 494 g/mol. The van der Waals surface area contributed by atoms with Crippen molar-refractivity contribution in [3.63, 3.8) is 0 Å². The number of anilines is 4. The maximum Gasteiger partial charge on any atom is 0.419 e. The molecule has 5 rings (SSSR count). The van der Waals surface area contributed by atoms with Gasteiger partial charge in [0.15, 0.2) is 11.6 Å². The van der Waals surface area contributed by atoms with Crippen molar-refractivity contribution >= 4 is 28.8 Å². The molecule has 0 saturated carbocycles. The van der Waals surface area contributed by atoms with E-state index in [9.17, 15) is 31.5 Å². The van der Waals surface area contributed by atoms with Gasteiger partial charge in [0.05, 0.1) is 16.9 Å². The van der Waals surface area contributed by atoms with Crippen LogP contribution in [0.2, 0.25) is 0 Å². The highest BCUT2D eigenvalue weighted by Crippen LogP contribution is 2.43. The molecule has 6 nitrogen and oxygen atoms in total. The smallest absolute Gasteiger partial charge is 0.370 e. The van der Waals surface area contributed by atoms with Crippen molar-refractivity contribution < 1.29 is 31.1 Å². The molecular formula is C23H16F6N4O2. The van der Waals surface area contributed by atoms with Crippen molar-refractivity contribution in [2.45, 2.75) is 19.0 Å². The lowest BCUT2D eigenvalue weighted by Crippen LogP contribution is -2.46. The first kappa shape index (κ1) is 22.8. The molecule has 12 heteroatoms. The Morgan fingerprint density at radius 1 is 0.829 bits per heavy atom. The molecule has 0 spiro atoms. The summed E-state index contributed by atoms with van der Waals surface area (Å²) >= 11 is 0. The van der Waals surface area contributed by atoms with Crippen LogP contribution < -0.4 is 20.7 Å². The van der Waals surface area contributed by atoms with E-state index in [2.05, 4.69) is 10.3 Å². The van der Waals surface area contributed by atoms with Gasteiger partial charge in [0.2, 0.25) is 5.56 Å². The molecule has 35 heavy (non-hydrogen) atoms. The highest BCUT2D eigenvalue weighted by molar-refractivity contribution is 6.14. The normalized spacial score (nSPS) is 15.5. The van der Waals surface area contributed by atoms with E-state index in [4.69, 9.17) is 0 Å². The first-order valence-electron chi connectivity index (χ1n) is 10.5. The number of aromatic nitrogens is 1. The SMILES string of the molecule is O=C1c2c(ccc(C(F)(F)F)c2F)N2CN1c1ccc(=O)[nH]c1NCCCc1c2ccc(F)c1F. The van der Waals surface area contributed by atoms with Gasteiger partial charge in [-0.05, 0) is 43.2 Å².